The predicted octanol–water partition coefficient (Wildman–Crippen LogP) is 25.0. The largest absolute Gasteiger partial charge is 0.319 e. The van der Waals surface area contributed by atoms with Gasteiger partial charge in [0.15, 0.2) is 35.6 Å². The third-order valence-electron chi connectivity index (χ3n) is 28.9. The first-order valence-corrected chi connectivity index (χ1v) is 55.0. The monoisotopic (exact) mass is 1960 g/mol. The summed E-state index contributed by atoms with van der Waals surface area (Å²) >= 11 is 0. The fourth-order valence-corrected chi connectivity index (χ4v) is 37.3. The van der Waals surface area contributed by atoms with Crippen LogP contribution >= 0.6 is 0 Å². The summed E-state index contributed by atoms with van der Waals surface area (Å²) in [5.74, 6) is 0. The summed E-state index contributed by atoms with van der Waals surface area (Å²) in [4.78, 5) is 16.3. The smallest absolute Gasteiger partial charge is 0.211 e. The molecule has 15 heteroatoms. The molecule has 24 rings (SSSR count). The Bertz CT molecular complexity index is 9530. The van der Waals surface area contributed by atoms with E-state index in [-0.39, 0.29) is 0 Å². The van der Waals surface area contributed by atoms with Crippen LogP contribution in [0.1, 0.15) is 27.8 Å². The van der Waals surface area contributed by atoms with Crippen molar-refractivity contribution in [1.82, 2.24) is 13.7 Å². The summed E-state index contributed by atoms with van der Waals surface area (Å²) in [7, 11) is -9.02. The number of fused-ring (bicyclic) bond motifs is 9. The van der Waals surface area contributed by atoms with Crippen molar-refractivity contribution in [2.75, 3.05) is 0 Å². The molecule has 0 bridgehead atoms. The summed E-state index contributed by atoms with van der Waals surface area (Å²) < 4.78 is 6.38. The van der Waals surface area contributed by atoms with E-state index in [0.29, 0.717) is 50.6 Å². The normalized spacial score (nSPS) is 11.1. The molecular formula is C135H84N12Si3. The van der Waals surface area contributed by atoms with E-state index in [2.05, 4.69) is 349 Å². The Morgan fingerprint density at radius 3 is 0.860 bits per heavy atom. The number of rotatable bonds is 18. The van der Waals surface area contributed by atoms with Crippen molar-refractivity contribution in [3.63, 3.8) is 0 Å². The molecule has 0 saturated carbocycles. The average molecular weight is 1960 g/mol. The Morgan fingerprint density at radius 1 is 0.193 bits per heavy atom. The number of nitrogens with zero attached hydrogens (tertiary/aromatic N) is 12. The number of benzene rings is 21. The molecule has 0 saturated heterocycles. The van der Waals surface area contributed by atoms with Crippen LogP contribution in [0.25, 0.3) is 135 Å². The Hall–Kier alpha value is -20.9. The standard InChI is InChI=1S/3C45H28N4Si/c1-47-40-25-23-34(30-45(40)50(35-14-6-3-7-15-35,36-16-8-4-9-17-36)37-18-10-5-11-19-37)33-24-27-44(41(29-33)48-2)49-42-21-13-12-20-38(42)39-28-32(31-46)22-26-43(39)49;1-48-42-29-34(49-43-23-12-11-21-39(43)41-28-32(30-46)24-27-44(41)49)25-26-38(42)40-22-13-14-33(31-47)45(40)50(35-15-5-2-6-16-35,36-17-7-3-8-18-36)37-19-9-4-10-20-37;1-48-41-29-34(22-25-44(41)49-42-20-12-11-19-39(42)40-27-32(30-46)21-24-43(40)49)33-23-26-45(35(28-33)31-47)50(36-13-5-2-6-14-36,37-15-7-3-8-16-37)38-17-9-4-10-18-38/h3-30H;2*2-29H. The Kier molecular flexibility index (Phi) is 25.6. The third kappa shape index (κ3) is 16.3. The maximum atomic E-state index is 10.8. The zero-order valence-electron chi connectivity index (χ0n) is 80.9. The van der Waals surface area contributed by atoms with Gasteiger partial charge in [0.05, 0.1) is 129 Å². The zero-order valence-corrected chi connectivity index (χ0v) is 83.9. The molecule has 24 aromatic rings. The first-order chi connectivity index (χ1) is 74.0. The average Bonchev–Trinajstić information content (AvgIpc) is 1.23. The maximum absolute atomic E-state index is 10.8. The lowest BCUT2D eigenvalue weighted by atomic mass is 10.0. The number of aromatic nitrogens is 3. The van der Waals surface area contributed by atoms with Crippen molar-refractivity contribution in [3.8, 4) is 80.8 Å². The zero-order chi connectivity index (χ0) is 102. The molecule has 150 heavy (non-hydrogen) atoms. The van der Waals surface area contributed by atoms with Gasteiger partial charge in [-0.05, 0) is 217 Å². The molecule has 3 heterocycles. The number of hydrogen-bond donors (Lipinski definition) is 0. The van der Waals surface area contributed by atoms with Crippen LogP contribution in [0, 0.1) is 82.9 Å². The van der Waals surface area contributed by atoms with E-state index in [9.17, 15) is 26.3 Å². The second-order valence-electron chi connectivity index (χ2n) is 36.6. The van der Waals surface area contributed by atoms with Gasteiger partial charge in [-0.2, -0.15) is 26.3 Å². The minimum absolute atomic E-state index is 0.496. The lowest BCUT2D eigenvalue weighted by molar-refractivity contribution is 1.18. The first kappa shape index (κ1) is 94.0. The fraction of sp³-hybridized carbons (Fsp3) is 0. The van der Waals surface area contributed by atoms with E-state index in [4.69, 9.17) is 26.3 Å². The van der Waals surface area contributed by atoms with E-state index < -0.39 is 24.2 Å². The molecule has 696 valence electrons. The number of para-hydroxylation sites is 3. The first-order valence-electron chi connectivity index (χ1n) is 49.0. The van der Waals surface area contributed by atoms with Crippen molar-refractivity contribution in [2.45, 2.75) is 0 Å². The minimum atomic E-state index is -3.13. The molecule has 0 N–H and O–H groups in total. The minimum Gasteiger partial charge on any atom is -0.319 e. The molecule has 0 aliphatic heterocycles. The SMILES string of the molecule is [C-]#[N+]c1cc(-c2ccc([N+]#[C-])c([Si](c3ccccc3)(c3ccccc3)c3ccccc3)c2)ccc1-n1c2ccccc2c2cc(C#N)ccc21.[C-]#[N+]c1cc(-c2ccc([Si](c3ccccc3)(c3ccccc3)c3ccccc3)c(C#N)c2)ccc1-n1c2ccccc2c2cc(C#N)ccc21.[C-]#[N+]c1cc(-n2c3ccccc3c3cc(C#N)ccc32)ccc1-c1cccc(C#N)c1[Si](c1ccccc1)(c1ccccc1)c1ccccc1. The highest BCUT2D eigenvalue weighted by atomic mass is 28.3. The van der Waals surface area contributed by atoms with Crippen molar-refractivity contribution in [3.05, 3.63) is 583 Å². The second kappa shape index (κ2) is 40.8. The Balaban J connectivity index is 0.000000127. The van der Waals surface area contributed by atoms with Crippen LogP contribution in [0.15, 0.2) is 510 Å². The van der Waals surface area contributed by atoms with Crippen LogP contribution in [0.2, 0.25) is 0 Å². The molecule has 21 aromatic carbocycles. The molecule has 0 radical (unpaired) electrons. The number of hydrogen-bond acceptors (Lipinski definition) is 5. The van der Waals surface area contributed by atoms with E-state index in [0.717, 1.165) is 147 Å². The lowest BCUT2D eigenvalue weighted by Gasteiger charge is -2.36. The molecule has 0 unspecified atom stereocenters. The van der Waals surface area contributed by atoms with E-state index in [1.54, 1.807) is 0 Å². The van der Waals surface area contributed by atoms with Crippen LogP contribution < -0.4 is 62.2 Å². The molecule has 0 fully saturated rings. The van der Waals surface area contributed by atoms with Gasteiger partial charge in [0, 0.05) is 38.0 Å². The van der Waals surface area contributed by atoms with Crippen molar-refractivity contribution < 1.29 is 0 Å². The Labute approximate surface area is 872 Å². The van der Waals surface area contributed by atoms with Crippen LogP contribution in [0.4, 0.5) is 22.7 Å². The molecule has 0 aliphatic carbocycles. The van der Waals surface area contributed by atoms with Crippen molar-refractivity contribution in [1.29, 1.82) is 26.3 Å². The van der Waals surface area contributed by atoms with Gasteiger partial charge in [0.2, 0.25) is 11.4 Å². The quantitative estimate of drug-likeness (QED) is 0.0476. The van der Waals surface area contributed by atoms with E-state index in [1.165, 1.54) is 31.1 Å². The summed E-state index contributed by atoms with van der Waals surface area (Å²) in [5.41, 5.74) is 18.6. The fourth-order valence-electron chi connectivity index (χ4n) is 22.5. The van der Waals surface area contributed by atoms with Crippen LogP contribution in [0.3, 0.4) is 0 Å². The molecule has 0 amide bonds. The van der Waals surface area contributed by atoms with Gasteiger partial charge >= 0.3 is 0 Å². The van der Waals surface area contributed by atoms with E-state index >= 15 is 0 Å². The molecule has 3 aromatic heterocycles. The maximum Gasteiger partial charge on any atom is 0.211 e. The molecule has 12 nitrogen and oxygen atoms in total. The van der Waals surface area contributed by atoms with Gasteiger partial charge in [-0.1, -0.05) is 388 Å². The summed E-state index contributed by atoms with van der Waals surface area (Å²) in [6.45, 7) is 33.4. The molecule has 0 aliphatic rings. The Morgan fingerprint density at radius 2 is 0.500 bits per heavy atom. The van der Waals surface area contributed by atoms with Gasteiger partial charge in [0.1, 0.15) is 0 Å². The van der Waals surface area contributed by atoms with E-state index in [1.807, 2.05) is 224 Å². The summed E-state index contributed by atoms with van der Waals surface area (Å²) in [6, 6.07) is 185. The lowest BCUT2D eigenvalue weighted by Crippen LogP contribution is -2.75. The highest BCUT2D eigenvalue weighted by Gasteiger charge is 2.47. The van der Waals surface area contributed by atoms with Gasteiger partial charge < -0.3 is 13.7 Å². The van der Waals surface area contributed by atoms with Crippen LogP contribution in [-0.4, -0.2) is 37.9 Å². The van der Waals surface area contributed by atoms with Gasteiger partial charge in [0.25, 0.3) is 0 Å². The van der Waals surface area contributed by atoms with Crippen LogP contribution in [0.5, 0.6) is 0 Å². The van der Waals surface area contributed by atoms with Crippen molar-refractivity contribution >= 4 is 175 Å². The second-order valence-corrected chi connectivity index (χ2v) is 47.9. The van der Waals surface area contributed by atoms with Gasteiger partial charge in [-0.25, -0.2) is 19.4 Å². The highest BCUT2D eigenvalue weighted by Crippen LogP contribution is 2.44. The third-order valence-corrected chi connectivity index (χ3v) is 43.4. The molecule has 0 atom stereocenters. The van der Waals surface area contributed by atoms with Gasteiger partial charge in [-0.3, -0.25) is 0 Å². The predicted molar refractivity (Wildman–Crippen MR) is 618 cm³/mol. The molecular weight excluding hydrogens is 1870 g/mol. The summed E-state index contributed by atoms with van der Waals surface area (Å²) in [6.07, 6.45) is 0. The number of nitriles is 5. The topological polar surface area (TPSA) is 151 Å². The highest BCUT2D eigenvalue weighted by molar-refractivity contribution is 7.22. The van der Waals surface area contributed by atoms with Gasteiger partial charge in [-0.15, -0.1) is 0 Å². The van der Waals surface area contributed by atoms with Crippen LogP contribution in [-0.2, 0) is 0 Å². The summed E-state index contributed by atoms with van der Waals surface area (Å²) in [5, 5.41) is 70.1. The molecule has 0 spiro atoms. The van der Waals surface area contributed by atoms with Crippen molar-refractivity contribution in [2.24, 2.45) is 0 Å².